The van der Waals surface area contributed by atoms with Crippen LogP contribution in [0.4, 0.5) is 5.69 Å². The monoisotopic (exact) mass is 180 g/mol. The van der Waals surface area contributed by atoms with Gasteiger partial charge in [-0.05, 0) is 0 Å². The Labute approximate surface area is 72.5 Å². The Morgan fingerprint density at radius 3 is 2.92 bits per heavy atom. The van der Waals surface area contributed by atoms with Crippen LogP contribution in [0.5, 0.6) is 5.88 Å². The van der Waals surface area contributed by atoms with E-state index in [0.717, 1.165) is 12.3 Å². The second-order valence-corrected chi connectivity index (χ2v) is 2.03. The lowest BCUT2D eigenvalue weighted by atomic mass is 10.3. The standard InChI is InChI=1S/C6H4N4O3/c7-2-4-1-5(10(11)12)3-9-6(4)13-8/h1,3H,8H2. The number of hydrogen-bond donors (Lipinski definition) is 1. The number of aromatic nitrogens is 1. The summed E-state index contributed by atoms with van der Waals surface area (Å²) in [6, 6.07) is 2.71. The molecule has 1 rings (SSSR count). The SMILES string of the molecule is N#Cc1cc([N+](=O)[O-])cnc1ON. The summed E-state index contributed by atoms with van der Waals surface area (Å²) >= 11 is 0. The Morgan fingerprint density at radius 1 is 1.77 bits per heavy atom. The number of nitro groups is 1. The molecule has 0 saturated carbocycles. The van der Waals surface area contributed by atoms with Gasteiger partial charge in [0.25, 0.3) is 11.6 Å². The van der Waals surface area contributed by atoms with Crippen LogP contribution in [0.1, 0.15) is 5.56 Å². The van der Waals surface area contributed by atoms with Crippen LogP contribution >= 0.6 is 0 Å². The lowest BCUT2D eigenvalue weighted by molar-refractivity contribution is -0.385. The third-order valence-electron chi connectivity index (χ3n) is 1.28. The molecule has 0 spiro atoms. The molecule has 13 heavy (non-hydrogen) atoms. The van der Waals surface area contributed by atoms with Crippen molar-refractivity contribution in [1.82, 2.24) is 4.98 Å². The second-order valence-electron chi connectivity index (χ2n) is 2.03. The highest BCUT2D eigenvalue weighted by atomic mass is 16.6. The van der Waals surface area contributed by atoms with Crippen LogP contribution in [0.25, 0.3) is 0 Å². The first kappa shape index (κ1) is 8.89. The molecule has 7 heteroatoms. The van der Waals surface area contributed by atoms with E-state index < -0.39 is 4.92 Å². The highest BCUT2D eigenvalue weighted by Crippen LogP contribution is 2.18. The highest BCUT2D eigenvalue weighted by Gasteiger charge is 2.12. The van der Waals surface area contributed by atoms with Gasteiger partial charge >= 0.3 is 0 Å². The molecule has 2 N–H and O–H groups in total. The minimum atomic E-state index is -0.659. The third kappa shape index (κ3) is 1.69. The number of nitrogens with zero attached hydrogens (tertiary/aromatic N) is 3. The minimum absolute atomic E-state index is 0.0725. The van der Waals surface area contributed by atoms with E-state index in [1.807, 2.05) is 0 Å². The largest absolute Gasteiger partial charge is 0.390 e. The molecule has 0 bridgehead atoms. The minimum Gasteiger partial charge on any atom is -0.390 e. The highest BCUT2D eigenvalue weighted by molar-refractivity contribution is 5.44. The van der Waals surface area contributed by atoms with Gasteiger partial charge in [-0.15, -0.1) is 0 Å². The van der Waals surface area contributed by atoms with E-state index in [2.05, 4.69) is 9.82 Å². The van der Waals surface area contributed by atoms with E-state index in [4.69, 9.17) is 11.2 Å². The zero-order valence-electron chi connectivity index (χ0n) is 6.30. The predicted octanol–water partition coefficient (Wildman–Crippen LogP) is 0.114. The van der Waals surface area contributed by atoms with Crippen LogP contribution in [0.2, 0.25) is 0 Å². The van der Waals surface area contributed by atoms with Crippen LogP contribution < -0.4 is 10.7 Å². The van der Waals surface area contributed by atoms with E-state index in [1.165, 1.54) is 0 Å². The van der Waals surface area contributed by atoms with Crippen molar-refractivity contribution in [2.75, 3.05) is 0 Å². The van der Waals surface area contributed by atoms with Crippen molar-refractivity contribution in [3.63, 3.8) is 0 Å². The van der Waals surface area contributed by atoms with E-state index in [-0.39, 0.29) is 17.1 Å². The summed E-state index contributed by atoms with van der Waals surface area (Å²) in [5.74, 6) is 4.64. The maximum Gasteiger partial charge on any atom is 0.289 e. The first-order valence-corrected chi connectivity index (χ1v) is 3.10. The molecule has 0 fully saturated rings. The first-order valence-electron chi connectivity index (χ1n) is 3.10. The van der Waals surface area contributed by atoms with Crippen LogP contribution in [0.3, 0.4) is 0 Å². The molecule has 0 radical (unpaired) electrons. The fraction of sp³-hybridized carbons (Fsp3) is 0. The normalized spacial score (nSPS) is 8.92. The van der Waals surface area contributed by atoms with Crippen LogP contribution in [-0.4, -0.2) is 9.91 Å². The van der Waals surface area contributed by atoms with Gasteiger partial charge in [0.05, 0.1) is 4.92 Å². The topological polar surface area (TPSA) is 115 Å². The Kier molecular flexibility index (Phi) is 2.37. The van der Waals surface area contributed by atoms with E-state index in [0.29, 0.717) is 0 Å². The zero-order chi connectivity index (χ0) is 9.84. The molecule has 0 aliphatic rings. The van der Waals surface area contributed by atoms with Gasteiger partial charge in [-0.25, -0.2) is 4.98 Å². The quantitative estimate of drug-likeness (QED) is 0.510. The molecular weight excluding hydrogens is 176 g/mol. The number of pyridine rings is 1. The third-order valence-corrected chi connectivity index (χ3v) is 1.28. The van der Waals surface area contributed by atoms with Gasteiger partial charge in [0, 0.05) is 6.07 Å². The Balaban J connectivity index is 3.23. The molecule has 0 aromatic carbocycles. The van der Waals surface area contributed by atoms with Crippen molar-refractivity contribution in [3.8, 4) is 11.9 Å². The summed E-state index contributed by atoms with van der Waals surface area (Å²) in [6.07, 6.45) is 0.961. The fourth-order valence-electron chi connectivity index (χ4n) is 0.715. The Bertz CT molecular complexity index is 384. The average molecular weight is 180 g/mol. The van der Waals surface area contributed by atoms with E-state index >= 15 is 0 Å². The Morgan fingerprint density at radius 2 is 2.46 bits per heavy atom. The summed E-state index contributed by atoms with van der Waals surface area (Å²) in [7, 11) is 0. The van der Waals surface area contributed by atoms with Crippen molar-refractivity contribution in [1.29, 1.82) is 5.26 Å². The van der Waals surface area contributed by atoms with Crippen molar-refractivity contribution in [2.24, 2.45) is 5.90 Å². The lowest BCUT2D eigenvalue weighted by Gasteiger charge is -1.97. The molecule has 7 nitrogen and oxygen atoms in total. The average Bonchev–Trinajstić information content (AvgIpc) is 2.16. The lowest BCUT2D eigenvalue weighted by Crippen LogP contribution is -2.06. The smallest absolute Gasteiger partial charge is 0.289 e. The summed E-state index contributed by atoms with van der Waals surface area (Å²) in [6.45, 7) is 0. The maximum atomic E-state index is 10.3. The fourth-order valence-corrected chi connectivity index (χ4v) is 0.715. The summed E-state index contributed by atoms with van der Waals surface area (Å²) in [5.41, 5.74) is -0.353. The van der Waals surface area contributed by atoms with Gasteiger partial charge < -0.3 is 4.84 Å². The van der Waals surface area contributed by atoms with Gasteiger partial charge in [0.15, 0.2) is 0 Å². The molecule has 1 heterocycles. The summed E-state index contributed by atoms with van der Waals surface area (Å²) in [5, 5.41) is 18.8. The Hall–Kier alpha value is -2.20. The van der Waals surface area contributed by atoms with Crippen molar-refractivity contribution >= 4 is 5.69 Å². The van der Waals surface area contributed by atoms with Crippen molar-refractivity contribution in [2.45, 2.75) is 0 Å². The van der Waals surface area contributed by atoms with E-state index in [9.17, 15) is 10.1 Å². The van der Waals surface area contributed by atoms with Gasteiger partial charge in [-0.3, -0.25) is 10.1 Å². The van der Waals surface area contributed by atoms with Gasteiger partial charge in [-0.2, -0.15) is 11.2 Å². The summed E-state index contributed by atoms with van der Waals surface area (Å²) < 4.78 is 0. The number of nitriles is 1. The van der Waals surface area contributed by atoms with Crippen molar-refractivity contribution < 1.29 is 9.76 Å². The molecule has 0 aliphatic carbocycles. The molecule has 0 atom stereocenters. The molecule has 1 aromatic rings. The summed E-state index contributed by atoms with van der Waals surface area (Å²) in [4.78, 5) is 17.3. The zero-order valence-corrected chi connectivity index (χ0v) is 6.30. The second kappa shape index (κ2) is 3.46. The molecule has 0 saturated heterocycles. The van der Waals surface area contributed by atoms with E-state index in [1.54, 1.807) is 6.07 Å². The van der Waals surface area contributed by atoms with Crippen LogP contribution in [0.15, 0.2) is 12.3 Å². The van der Waals surface area contributed by atoms with Gasteiger partial charge in [0.2, 0.25) is 0 Å². The molecule has 0 aliphatic heterocycles. The van der Waals surface area contributed by atoms with Crippen LogP contribution in [0, 0.1) is 21.4 Å². The number of hydrogen-bond acceptors (Lipinski definition) is 6. The number of nitrogens with two attached hydrogens (primary N) is 1. The first-order chi connectivity index (χ1) is 6.19. The van der Waals surface area contributed by atoms with Gasteiger partial charge in [0.1, 0.15) is 17.8 Å². The number of rotatable bonds is 2. The van der Waals surface area contributed by atoms with Crippen molar-refractivity contribution in [3.05, 3.63) is 27.9 Å². The molecule has 66 valence electrons. The molecule has 1 aromatic heterocycles. The van der Waals surface area contributed by atoms with Crippen LogP contribution in [-0.2, 0) is 0 Å². The van der Waals surface area contributed by atoms with Gasteiger partial charge in [-0.1, -0.05) is 0 Å². The molecule has 0 unspecified atom stereocenters. The maximum absolute atomic E-state index is 10.3. The molecule has 0 amide bonds. The molecular formula is C6H4N4O3. The predicted molar refractivity (Wildman–Crippen MR) is 40.4 cm³/mol.